The van der Waals surface area contributed by atoms with E-state index in [0.717, 1.165) is 11.5 Å². The van der Waals surface area contributed by atoms with Crippen molar-refractivity contribution in [3.63, 3.8) is 0 Å². The van der Waals surface area contributed by atoms with Crippen LogP contribution < -0.4 is 5.32 Å². The molecular formula is C10H12N2O. The van der Waals surface area contributed by atoms with E-state index in [1.165, 1.54) is 0 Å². The molecular weight excluding hydrogens is 164 g/mol. The van der Waals surface area contributed by atoms with Gasteiger partial charge >= 0.3 is 0 Å². The molecule has 1 heterocycles. The Morgan fingerprint density at radius 1 is 1.38 bits per heavy atom. The van der Waals surface area contributed by atoms with E-state index < -0.39 is 0 Å². The number of benzene rings is 1. The SMILES string of the molecule is CNC1COC(c2ccccc2)=N1. The van der Waals surface area contributed by atoms with Crippen molar-refractivity contribution in [3.8, 4) is 0 Å². The van der Waals surface area contributed by atoms with Crippen LogP contribution in [0.15, 0.2) is 35.3 Å². The molecule has 0 spiro atoms. The molecule has 0 amide bonds. The molecule has 0 aliphatic carbocycles. The summed E-state index contributed by atoms with van der Waals surface area (Å²) in [5, 5.41) is 3.05. The Bertz CT molecular complexity index is 308. The normalized spacial score (nSPS) is 21.0. The van der Waals surface area contributed by atoms with Crippen LogP contribution in [0.3, 0.4) is 0 Å². The van der Waals surface area contributed by atoms with Gasteiger partial charge in [0.1, 0.15) is 12.8 Å². The Morgan fingerprint density at radius 2 is 2.15 bits per heavy atom. The Hall–Kier alpha value is -1.35. The minimum Gasteiger partial charge on any atom is -0.474 e. The number of rotatable bonds is 2. The van der Waals surface area contributed by atoms with E-state index in [-0.39, 0.29) is 6.17 Å². The lowest BCUT2D eigenvalue weighted by molar-refractivity contribution is 0.305. The molecule has 1 aliphatic rings. The standard InChI is InChI=1S/C10H12N2O/c1-11-9-7-13-10(12-9)8-5-3-2-4-6-8/h2-6,9,11H,7H2,1H3. The van der Waals surface area contributed by atoms with Gasteiger partial charge in [0.2, 0.25) is 5.90 Å². The van der Waals surface area contributed by atoms with Crippen molar-refractivity contribution in [2.24, 2.45) is 4.99 Å². The van der Waals surface area contributed by atoms with Crippen LogP contribution >= 0.6 is 0 Å². The monoisotopic (exact) mass is 176 g/mol. The van der Waals surface area contributed by atoms with E-state index >= 15 is 0 Å². The zero-order valence-electron chi connectivity index (χ0n) is 7.53. The van der Waals surface area contributed by atoms with Gasteiger partial charge in [0.25, 0.3) is 0 Å². The maximum atomic E-state index is 5.43. The van der Waals surface area contributed by atoms with Gasteiger partial charge in [-0.05, 0) is 19.2 Å². The second kappa shape index (κ2) is 3.58. The molecule has 1 aromatic carbocycles. The van der Waals surface area contributed by atoms with E-state index in [2.05, 4.69) is 10.3 Å². The summed E-state index contributed by atoms with van der Waals surface area (Å²) in [6.07, 6.45) is 0.107. The van der Waals surface area contributed by atoms with E-state index in [1.54, 1.807) is 0 Å². The topological polar surface area (TPSA) is 33.6 Å². The summed E-state index contributed by atoms with van der Waals surface area (Å²) in [7, 11) is 1.88. The number of nitrogens with one attached hydrogen (secondary N) is 1. The predicted molar refractivity (Wildman–Crippen MR) is 51.8 cm³/mol. The second-order valence-electron chi connectivity index (χ2n) is 2.92. The molecule has 1 N–H and O–H groups in total. The minimum atomic E-state index is 0.107. The largest absolute Gasteiger partial charge is 0.474 e. The summed E-state index contributed by atoms with van der Waals surface area (Å²) in [6, 6.07) is 9.93. The van der Waals surface area contributed by atoms with Crippen molar-refractivity contribution in [2.45, 2.75) is 6.17 Å². The van der Waals surface area contributed by atoms with Crippen LogP contribution in [0.1, 0.15) is 5.56 Å². The molecule has 3 heteroatoms. The Labute approximate surface area is 77.4 Å². The van der Waals surface area contributed by atoms with Gasteiger partial charge in [0.15, 0.2) is 0 Å². The zero-order valence-corrected chi connectivity index (χ0v) is 7.53. The van der Waals surface area contributed by atoms with E-state index in [0.29, 0.717) is 6.61 Å². The van der Waals surface area contributed by atoms with E-state index in [4.69, 9.17) is 4.74 Å². The molecule has 13 heavy (non-hydrogen) atoms. The number of likely N-dealkylation sites (N-methyl/N-ethyl adjacent to an activating group) is 1. The third kappa shape index (κ3) is 1.70. The van der Waals surface area contributed by atoms with Crippen molar-refractivity contribution in [2.75, 3.05) is 13.7 Å². The fourth-order valence-corrected chi connectivity index (χ4v) is 1.26. The van der Waals surface area contributed by atoms with E-state index in [9.17, 15) is 0 Å². The summed E-state index contributed by atoms with van der Waals surface area (Å²) in [6.45, 7) is 0.626. The summed E-state index contributed by atoms with van der Waals surface area (Å²) in [5.74, 6) is 0.736. The van der Waals surface area contributed by atoms with Gasteiger partial charge in [0, 0.05) is 5.56 Å². The molecule has 1 atom stereocenters. The highest BCUT2D eigenvalue weighted by Crippen LogP contribution is 2.09. The number of hydrogen-bond acceptors (Lipinski definition) is 3. The lowest BCUT2D eigenvalue weighted by atomic mass is 10.2. The van der Waals surface area contributed by atoms with Crippen LogP contribution in [-0.2, 0) is 4.74 Å². The molecule has 1 aliphatic heterocycles. The van der Waals surface area contributed by atoms with Gasteiger partial charge in [-0.2, -0.15) is 0 Å². The molecule has 0 saturated carbocycles. The van der Waals surface area contributed by atoms with Crippen LogP contribution in [0, 0.1) is 0 Å². The van der Waals surface area contributed by atoms with Crippen molar-refractivity contribution in [3.05, 3.63) is 35.9 Å². The number of nitrogens with zero attached hydrogens (tertiary/aromatic N) is 1. The Kier molecular flexibility index (Phi) is 2.27. The van der Waals surface area contributed by atoms with Crippen molar-refractivity contribution in [1.82, 2.24) is 5.32 Å². The molecule has 0 aromatic heterocycles. The lowest BCUT2D eigenvalue weighted by Gasteiger charge is -1.99. The van der Waals surface area contributed by atoms with Gasteiger partial charge < -0.3 is 4.74 Å². The molecule has 0 radical (unpaired) electrons. The minimum absolute atomic E-state index is 0.107. The summed E-state index contributed by atoms with van der Waals surface area (Å²) < 4.78 is 5.43. The van der Waals surface area contributed by atoms with Crippen molar-refractivity contribution >= 4 is 5.90 Å². The van der Waals surface area contributed by atoms with Crippen LogP contribution in [0.25, 0.3) is 0 Å². The van der Waals surface area contributed by atoms with Crippen molar-refractivity contribution in [1.29, 1.82) is 0 Å². The van der Waals surface area contributed by atoms with Gasteiger partial charge in [-0.1, -0.05) is 18.2 Å². The predicted octanol–water partition coefficient (Wildman–Crippen LogP) is 1.01. The first-order valence-corrected chi connectivity index (χ1v) is 4.33. The summed E-state index contributed by atoms with van der Waals surface area (Å²) >= 11 is 0. The molecule has 1 unspecified atom stereocenters. The average molecular weight is 176 g/mol. The van der Waals surface area contributed by atoms with Crippen LogP contribution in [-0.4, -0.2) is 25.7 Å². The van der Waals surface area contributed by atoms with Gasteiger partial charge in [-0.15, -0.1) is 0 Å². The first-order valence-electron chi connectivity index (χ1n) is 4.33. The summed E-state index contributed by atoms with van der Waals surface area (Å²) in [4.78, 5) is 4.36. The van der Waals surface area contributed by atoms with Gasteiger partial charge in [0.05, 0.1) is 0 Å². The van der Waals surface area contributed by atoms with Crippen LogP contribution in [0.5, 0.6) is 0 Å². The third-order valence-electron chi connectivity index (χ3n) is 2.00. The molecule has 0 bridgehead atoms. The highest BCUT2D eigenvalue weighted by molar-refractivity contribution is 5.95. The zero-order chi connectivity index (χ0) is 9.10. The highest BCUT2D eigenvalue weighted by Gasteiger charge is 2.17. The Morgan fingerprint density at radius 3 is 2.77 bits per heavy atom. The third-order valence-corrected chi connectivity index (χ3v) is 2.00. The smallest absolute Gasteiger partial charge is 0.217 e. The highest BCUT2D eigenvalue weighted by atomic mass is 16.5. The second-order valence-corrected chi connectivity index (χ2v) is 2.92. The molecule has 1 aromatic rings. The molecule has 2 rings (SSSR count). The molecule has 3 nitrogen and oxygen atoms in total. The van der Waals surface area contributed by atoms with Gasteiger partial charge in [-0.25, -0.2) is 4.99 Å². The maximum absolute atomic E-state index is 5.43. The summed E-state index contributed by atoms with van der Waals surface area (Å²) in [5.41, 5.74) is 1.04. The molecule has 0 fully saturated rings. The Balaban J connectivity index is 2.19. The number of hydrogen-bond donors (Lipinski definition) is 1. The number of ether oxygens (including phenoxy) is 1. The molecule has 0 saturated heterocycles. The first kappa shape index (κ1) is 8.26. The fourth-order valence-electron chi connectivity index (χ4n) is 1.26. The first-order chi connectivity index (χ1) is 6.40. The van der Waals surface area contributed by atoms with Crippen molar-refractivity contribution < 1.29 is 4.74 Å². The molecule has 68 valence electrons. The average Bonchev–Trinajstić information content (AvgIpc) is 2.67. The maximum Gasteiger partial charge on any atom is 0.217 e. The quantitative estimate of drug-likeness (QED) is 0.729. The lowest BCUT2D eigenvalue weighted by Crippen LogP contribution is -2.23. The number of aliphatic imine (C=N–C) groups is 1. The van der Waals surface area contributed by atoms with Gasteiger partial charge in [-0.3, -0.25) is 5.32 Å². The van der Waals surface area contributed by atoms with Crippen LogP contribution in [0.2, 0.25) is 0 Å². The fraction of sp³-hybridized carbons (Fsp3) is 0.300. The van der Waals surface area contributed by atoms with E-state index in [1.807, 2.05) is 37.4 Å². The van der Waals surface area contributed by atoms with Crippen LogP contribution in [0.4, 0.5) is 0 Å².